The predicted octanol–water partition coefficient (Wildman–Crippen LogP) is 2.22. The Morgan fingerprint density at radius 1 is 1.24 bits per heavy atom. The monoisotopic (exact) mass is 300 g/mol. The highest BCUT2D eigenvalue weighted by molar-refractivity contribution is 5.90. The van der Waals surface area contributed by atoms with Crippen LogP contribution >= 0.6 is 0 Å². The maximum atomic E-state index is 13.8. The number of esters is 1. The van der Waals surface area contributed by atoms with Gasteiger partial charge in [-0.2, -0.15) is 5.10 Å². The number of rotatable bonds is 4. The van der Waals surface area contributed by atoms with E-state index >= 15 is 0 Å². The van der Waals surface area contributed by atoms with E-state index in [1.54, 1.807) is 0 Å². The summed E-state index contributed by atoms with van der Waals surface area (Å²) in [5, 5.41) is 3.76. The summed E-state index contributed by atoms with van der Waals surface area (Å²) in [6, 6.07) is 1.04. The molecule has 0 N–H and O–H groups in total. The molecule has 0 atom stereocenters. The van der Waals surface area contributed by atoms with Crippen molar-refractivity contribution in [3.63, 3.8) is 0 Å². The molecule has 112 valence electrons. The van der Waals surface area contributed by atoms with Gasteiger partial charge in [0.1, 0.15) is 17.1 Å². The van der Waals surface area contributed by atoms with Crippen LogP contribution in [0.4, 0.5) is 13.2 Å². The van der Waals surface area contributed by atoms with Gasteiger partial charge in [0.2, 0.25) is 0 Å². The van der Waals surface area contributed by atoms with Crippen LogP contribution in [0.15, 0.2) is 18.3 Å². The summed E-state index contributed by atoms with van der Waals surface area (Å²) in [4.78, 5) is 11.6. The summed E-state index contributed by atoms with van der Waals surface area (Å²) in [7, 11) is 2.51. The van der Waals surface area contributed by atoms with Gasteiger partial charge in [0.15, 0.2) is 11.6 Å². The number of nitrogens with zero attached hydrogens (tertiary/aromatic N) is 2. The molecule has 0 radical (unpaired) electrons. The molecule has 0 aliphatic rings. The number of ether oxygens (including phenoxy) is 2. The van der Waals surface area contributed by atoms with Crippen molar-refractivity contribution in [2.45, 2.75) is 6.61 Å². The lowest BCUT2D eigenvalue weighted by Gasteiger charge is -2.10. The maximum Gasteiger partial charge on any atom is 0.341 e. The summed E-state index contributed by atoms with van der Waals surface area (Å²) in [5.41, 5.74) is -0.505. The fraction of sp³-hybridized carbons (Fsp3) is 0.231. The SMILES string of the molecule is COCc1c(C(=O)OC)cnn1-c1c(F)cc(F)cc1F. The second-order valence-corrected chi connectivity index (χ2v) is 4.06. The molecular formula is C13H11F3N2O3. The van der Waals surface area contributed by atoms with Crippen LogP contribution in [0, 0.1) is 17.5 Å². The number of hydrogen-bond donors (Lipinski definition) is 0. The first kappa shape index (κ1) is 15.0. The number of halogens is 3. The molecule has 0 saturated carbocycles. The van der Waals surface area contributed by atoms with E-state index in [4.69, 9.17) is 4.74 Å². The Bertz CT molecular complexity index is 662. The van der Waals surface area contributed by atoms with E-state index in [1.165, 1.54) is 7.11 Å². The van der Waals surface area contributed by atoms with Gasteiger partial charge in [-0.25, -0.2) is 22.6 Å². The number of carbonyl (C=O) groups is 1. The van der Waals surface area contributed by atoms with Crippen molar-refractivity contribution < 1.29 is 27.4 Å². The quantitative estimate of drug-likeness (QED) is 0.813. The molecule has 5 nitrogen and oxygen atoms in total. The molecule has 2 rings (SSSR count). The van der Waals surface area contributed by atoms with Crippen molar-refractivity contribution in [1.82, 2.24) is 9.78 Å². The smallest absolute Gasteiger partial charge is 0.341 e. The Kier molecular flexibility index (Phi) is 4.27. The Morgan fingerprint density at radius 3 is 2.38 bits per heavy atom. The lowest BCUT2D eigenvalue weighted by atomic mass is 10.2. The van der Waals surface area contributed by atoms with Crippen molar-refractivity contribution in [2.75, 3.05) is 14.2 Å². The second kappa shape index (κ2) is 5.96. The summed E-state index contributed by atoms with van der Waals surface area (Å²) in [6.45, 7) is -0.138. The summed E-state index contributed by atoms with van der Waals surface area (Å²) in [6.07, 6.45) is 1.10. The lowest BCUT2D eigenvalue weighted by Crippen LogP contribution is -2.12. The summed E-state index contributed by atoms with van der Waals surface area (Å²) in [5.74, 6) is -4.08. The second-order valence-electron chi connectivity index (χ2n) is 4.06. The van der Waals surface area contributed by atoms with E-state index in [0.717, 1.165) is 18.0 Å². The molecule has 1 aromatic heterocycles. The topological polar surface area (TPSA) is 53.4 Å². The van der Waals surface area contributed by atoms with Crippen LogP contribution in [0.25, 0.3) is 5.69 Å². The predicted molar refractivity (Wildman–Crippen MR) is 65.5 cm³/mol. The number of benzene rings is 1. The minimum Gasteiger partial charge on any atom is -0.465 e. The highest BCUT2D eigenvalue weighted by Gasteiger charge is 2.23. The third kappa shape index (κ3) is 2.75. The van der Waals surface area contributed by atoms with Crippen molar-refractivity contribution in [3.8, 4) is 5.69 Å². The standard InChI is InChI=1S/C13H11F3N2O3/c1-20-6-11-8(13(19)21-2)5-17-18(11)12-9(15)3-7(14)4-10(12)16/h3-5H,6H2,1-2H3. The zero-order chi connectivity index (χ0) is 15.6. The van der Waals surface area contributed by atoms with Gasteiger partial charge < -0.3 is 9.47 Å². The van der Waals surface area contributed by atoms with E-state index in [0.29, 0.717) is 12.1 Å². The molecule has 0 saturated heterocycles. The maximum absolute atomic E-state index is 13.8. The van der Waals surface area contributed by atoms with Crippen molar-refractivity contribution in [2.24, 2.45) is 0 Å². The highest BCUT2D eigenvalue weighted by atomic mass is 19.1. The lowest BCUT2D eigenvalue weighted by molar-refractivity contribution is 0.0595. The molecule has 0 amide bonds. The Balaban J connectivity index is 2.65. The van der Waals surface area contributed by atoms with E-state index in [1.807, 2.05) is 0 Å². The average Bonchev–Trinajstić information content (AvgIpc) is 2.81. The number of methoxy groups -OCH3 is 2. The molecule has 0 bridgehead atoms. The molecule has 0 unspecified atom stereocenters. The average molecular weight is 300 g/mol. The van der Waals surface area contributed by atoms with E-state index < -0.39 is 29.1 Å². The van der Waals surface area contributed by atoms with Gasteiger partial charge in [0.05, 0.1) is 25.6 Å². The molecule has 21 heavy (non-hydrogen) atoms. The summed E-state index contributed by atoms with van der Waals surface area (Å²) >= 11 is 0. The zero-order valence-electron chi connectivity index (χ0n) is 11.2. The van der Waals surface area contributed by atoms with Gasteiger partial charge in [-0.15, -0.1) is 0 Å². The minimum atomic E-state index is -1.15. The van der Waals surface area contributed by atoms with Crippen LogP contribution in [0.2, 0.25) is 0 Å². The molecule has 2 aromatic rings. The Labute approximate surface area is 117 Å². The van der Waals surface area contributed by atoms with Crippen LogP contribution < -0.4 is 0 Å². The molecule has 8 heteroatoms. The van der Waals surface area contributed by atoms with Crippen LogP contribution in [-0.2, 0) is 16.1 Å². The van der Waals surface area contributed by atoms with Crippen LogP contribution in [0.3, 0.4) is 0 Å². The fourth-order valence-corrected chi connectivity index (χ4v) is 1.86. The van der Waals surface area contributed by atoms with E-state index in [-0.39, 0.29) is 17.9 Å². The normalized spacial score (nSPS) is 10.7. The van der Waals surface area contributed by atoms with Crippen molar-refractivity contribution in [3.05, 3.63) is 47.0 Å². The van der Waals surface area contributed by atoms with Gasteiger partial charge in [-0.05, 0) is 0 Å². The van der Waals surface area contributed by atoms with Gasteiger partial charge in [-0.3, -0.25) is 0 Å². The molecule has 0 aliphatic carbocycles. The van der Waals surface area contributed by atoms with E-state index in [2.05, 4.69) is 9.84 Å². The molecule has 0 fully saturated rings. The molecular weight excluding hydrogens is 289 g/mol. The molecule has 1 heterocycles. The third-order valence-corrected chi connectivity index (χ3v) is 2.75. The summed E-state index contributed by atoms with van der Waals surface area (Å²) < 4.78 is 50.9. The number of aromatic nitrogens is 2. The van der Waals surface area contributed by atoms with E-state index in [9.17, 15) is 18.0 Å². The first-order valence-electron chi connectivity index (χ1n) is 5.78. The van der Waals surface area contributed by atoms with Gasteiger partial charge in [-0.1, -0.05) is 0 Å². The first-order chi connectivity index (χ1) is 9.99. The number of carbonyl (C=O) groups excluding carboxylic acids is 1. The highest BCUT2D eigenvalue weighted by Crippen LogP contribution is 2.23. The molecule has 1 aromatic carbocycles. The minimum absolute atomic E-state index is 0.00229. The van der Waals surface area contributed by atoms with Crippen LogP contribution in [0.5, 0.6) is 0 Å². The van der Waals surface area contributed by atoms with Crippen LogP contribution in [0.1, 0.15) is 16.1 Å². The van der Waals surface area contributed by atoms with Gasteiger partial charge >= 0.3 is 5.97 Å². The fourth-order valence-electron chi connectivity index (χ4n) is 1.86. The van der Waals surface area contributed by atoms with Gasteiger partial charge in [0, 0.05) is 19.2 Å². The largest absolute Gasteiger partial charge is 0.465 e. The molecule has 0 aliphatic heterocycles. The zero-order valence-corrected chi connectivity index (χ0v) is 11.2. The van der Waals surface area contributed by atoms with Crippen LogP contribution in [-0.4, -0.2) is 30.0 Å². The van der Waals surface area contributed by atoms with Gasteiger partial charge in [0.25, 0.3) is 0 Å². The Morgan fingerprint density at radius 2 is 1.86 bits per heavy atom. The van der Waals surface area contributed by atoms with Crippen molar-refractivity contribution in [1.29, 1.82) is 0 Å². The first-order valence-corrected chi connectivity index (χ1v) is 5.78. The number of hydrogen-bond acceptors (Lipinski definition) is 4. The molecule has 0 spiro atoms. The van der Waals surface area contributed by atoms with Crippen molar-refractivity contribution >= 4 is 5.97 Å². The third-order valence-electron chi connectivity index (χ3n) is 2.75. The Hall–Kier alpha value is -2.35.